The Morgan fingerprint density at radius 1 is 1.10 bits per heavy atom. The molecular formula is C23H23N7O. The summed E-state index contributed by atoms with van der Waals surface area (Å²) in [6.45, 7) is 1.95. The van der Waals surface area contributed by atoms with Crippen LogP contribution in [0.15, 0.2) is 54.9 Å². The second-order valence-electron chi connectivity index (χ2n) is 8.02. The topological polar surface area (TPSA) is 125 Å². The smallest absolute Gasteiger partial charge is 0.256 e. The van der Waals surface area contributed by atoms with Gasteiger partial charge in [-0.15, -0.1) is 0 Å². The van der Waals surface area contributed by atoms with Crippen LogP contribution in [0, 0.1) is 6.92 Å². The van der Waals surface area contributed by atoms with Crippen LogP contribution in [0.4, 0.5) is 11.6 Å². The third-order valence-corrected chi connectivity index (χ3v) is 5.72. The molecule has 4 aromatic rings. The number of aromatic nitrogens is 4. The van der Waals surface area contributed by atoms with E-state index in [2.05, 4.69) is 15.3 Å². The molecule has 0 spiro atoms. The lowest BCUT2D eigenvalue weighted by Crippen LogP contribution is -2.38. The van der Waals surface area contributed by atoms with Gasteiger partial charge in [0.25, 0.3) is 5.91 Å². The van der Waals surface area contributed by atoms with E-state index in [9.17, 15) is 4.79 Å². The molecule has 1 fully saturated rings. The van der Waals surface area contributed by atoms with Gasteiger partial charge in [0.15, 0.2) is 0 Å². The number of nitrogens with one attached hydrogen (secondary N) is 1. The Kier molecular flexibility index (Phi) is 4.63. The molecule has 5 N–H and O–H groups in total. The molecule has 5 rings (SSSR count). The fourth-order valence-corrected chi connectivity index (χ4v) is 3.99. The van der Waals surface area contributed by atoms with E-state index in [0.29, 0.717) is 17.2 Å². The molecule has 3 heterocycles. The summed E-state index contributed by atoms with van der Waals surface area (Å²) in [7, 11) is 0. The number of carbonyl (C=O) groups excluding carboxylic acids is 1. The van der Waals surface area contributed by atoms with Gasteiger partial charge in [0.1, 0.15) is 17.3 Å². The van der Waals surface area contributed by atoms with Gasteiger partial charge < -0.3 is 16.8 Å². The molecule has 1 aliphatic rings. The molecule has 8 nitrogen and oxygen atoms in total. The molecule has 0 aliphatic heterocycles. The Morgan fingerprint density at radius 3 is 2.55 bits per heavy atom. The second kappa shape index (κ2) is 7.48. The van der Waals surface area contributed by atoms with Crippen LogP contribution in [-0.4, -0.2) is 31.7 Å². The zero-order chi connectivity index (χ0) is 21.5. The van der Waals surface area contributed by atoms with E-state index in [4.69, 9.17) is 16.6 Å². The predicted molar refractivity (Wildman–Crippen MR) is 121 cm³/mol. The van der Waals surface area contributed by atoms with E-state index in [0.717, 1.165) is 40.6 Å². The maximum absolute atomic E-state index is 12.6. The molecule has 1 amide bonds. The second-order valence-corrected chi connectivity index (χ2v) is 8.02. The first-order valence-corrected chi connectivity index (χ1v) is 10.2. The number of pyridine rings is 2. The van der Waals surface area contributed by atoms with E-state index in [1.54, 1.807) is 24.5 Å². The standard InChI is InChI=1S/C23H23N7O/c1-13-6-8-26-19(10-13)28-23(31)15-4-2-14(3-5-15)21-20-18(7-9-27-22(20)25)30(29-21)17-11-16(24)12-17/h2-10,16-17H,11-12,24H2,1H3,(H2,25,27)(H,26,28,31). The number of amides is 1. The molecule has 0 unspecified atom stereocenters. The molecule has 1 aromatic carbocycles. The number of hydrogen-bond acceptors (Lipinski definition) is 6. The first-order chi connectivity index (χ1) is 15.0. The molecule has 1 aliphatic carbocycles. The fourth-order valence-electron chi connectivity index (χ4n) is 3.99. The molecule has 0 bridgehead atoms. The molecule has 8 heteroatoms. The van der Waals surface area contributed by atoms with E-state index < -0.39 is 0 Å². The van der Waals surface area contributed by atoms with Crippen LogP contribution in [0.25, 0.3) is 22.2 Å². The highest BCUT2D eigenvalue weighted by Gasteiger charge is 2.30. The predicted octanol–water partition coefficient (Wildman–Crippen LogP) is 3.30. The van der Waals surface area contributed by atoms with E-state index in [-0.39, 0.29) is 18.0 Å². The number of hydrogen-bond donors (Lipinski definition) is 3. The van der Waals surface area contributed by atoms with Crippen molar-refractivity contribution in [2.45, 2.75) is 31.8 Å². The van der Waals surface area contributed by atoms with Crippen LogP contribution < -0.4 is 16.8 Å². The maximum Gasteiger partial charge on any atom is 0.256 e. The van der Waals surface area contributed by atoms with E-state index >= 15 is 0 Å². The maximum atomic E-state index is 12.6. The van der Waals surface area contributed by atoms with Gasteiger partial charge in [0, 0.05) is 29.6 Å². The minimum Gasteiger partial charge on any atom is -0.383 e. The third kappa shape index (κ3) is 3.51. The van der Waals surface area contributed by atoms with Gasteiger partial charge in [0.2, 0.25) is 0 Å². The molecule has 3 aromatic heterocycles. The summed E-state index contributed by atoms with van der Waals surface area (Å²) in [5, 5.41) is 8.51. The van der Waals surface area contributed by atoms with Crippen molar-refractivity contribution in [2.75, 3.05) is 11.1 Å². The molecular weight excluding hydrogens is 390 g/mol. The molecule has 0 saturated heterocycles. The largest absolute Gasteiger partial charge is 0.383 e. The van der Waals surface area contributed by atoms with Crippen LogP contribution in [0.2, 0.25) is 0 Å². The van der Waals surface area contributed by atoms with Crippen LogP contribution >= 0.6 is 0 Å². The van der Waals surface area contributed by atoms with E-state index in [1.165, 1.54) is 0 Å². The van der Waals surface area contributed by atoms with Crippen molar-refractivity contribution in [3.63, 3.8) is 0 Å². The van der Waals surface area contributed by atoms with Gasteiger partial charge in [-0.05, 0) is 55.7 Å². The Balaban J connectivity index is 1.46. The van der Waals surface area contributed by atoms with Crippen LogP contribution in [-0.2, 0) is 0 Å². The van der Waals surface area contributed by atoms with Crippen LogP contribution in [0.5, 0.6) is 0 Å². The number of aryl methyl sites for hydroxylation is 1. The van der Waals surface area contributed by atoms with Crippen molar-refractivity contribution >= 4 is 28.4 Å². The highest BCUT2D eigenvalue weighted by Crippen LogP contribution is 2.38. The van der Waals surface area contributed by atoms with Crippen molar-refractivity contribution in [1.29, 1.82) is 0 Å². The summed E-state index contributed by atoms with van der Waals surface area (Å²) in [6, 6.07) is 13.4. The zero-order valence-corrected chi connectivity index (χ0v) is 17.1. The number of anilines is 2. The van der Waals surface area contributed by atoms with Crippen molar-refractivity contribution in [1.82, 2.24) is 19.7 Å². The third-order valence-electron chi connectivity index (χ3n) is 5.72. The van der Waals surface area contributed by atoms with Crippen LogP contribution in [0.1, 0.15) is 34.8 Å². The lowest BCUT2D eigenvalue weighted by molar-refractivity contribution is 0.102. The summed E-state index contributed by atoms with van der Waals surface area (Å²) < 4.78 is 2.01. The van der Waals surface area contributed by atoms with Gasteiger partial charge in [-0.25, -0.2) is 9.97 Å². The van der Waals surface area contributed by atoms with Crippen molar-refractivity contribution in [3.8, 4) is 11.3 Å². The lowest BCUT2D eigenvalue weighted by Gasteiger charge is -2.32. The normalized spacial score (nSPS) is 18.0. The quantitative estimate of drug-likeness (QED) is 0.471. The number of rotatable bonds is 4. The minimum absolute atomic E-state index is 0.215. The summed E-state index contributed by atoms with van der Waals surface area (Å²) >= 11 is 0. The molecule has 1 saturated carbocycles. The lowest BCUT2D eigenvalue weighted by atomic mass is 9.88. The van der Waals surface area contributed by atoms with Crippen molar-refractivity contribution in [3.05, 3.63) is 66.0 Å². The monoisotopic (exact) mass is 413 g/mol. The number of benzene rings is 1. The van der Waals surface area contributed by atoms with Gasteiger partial charge in [-0.1, -0.05) is 12.1 Å². The Labute approximate surface area is 179 Å². The summed E-state index contributed by atoms with van der Waals surface area (Å²) in [6.07, 6.45) is 5.16. The number of carbonyl (C=O) groups is 1. The summed E-state index contributed by atoms with van der Waals surface area (Å²) in [5.41, 5.74) is 16.3. The molecule has 0 atom stereocenters. The SMILES string of the molecule is Cc1ccnc(NC(=O)c2ccc(-c3nn(C4CC(N)C4)c4ccnc(N)c34)cc2)c1. The molecule has 31 heavy (non-hydrogen) atoms. The number of nitrogen functional groups attached to an aromatic ring is 1. The minimum atomic E-state index is -0.218. The number of nitrogens with two attached hydrogens (primary N) is 2. The Bertz CT molecular complexity index is 1270. The number of nitrogens with zero attached hydrogens (tertiary/aromatic N) is 4. The number of fused-ring (bicyclic) bond motifs is 1. The van der Waals surface area contributed by atoms with Crippen molar-refractivity contribution < 1.29 is 4.79 Å². The first-order valence-electron chi connectivity index (χ1n) is 10.2. The van der Waals surface area contributed by atoms with Gasteiger partial charge in [-0.3, -0.25) is 9.48 Å². The first kappa shape index (κ1) is 19.2. The molecule has 156 valence electrons. The average molecular weight is 413 g/mol. The summed E-state index contributed by atoms with van der Waals surface area (Å²) in [4.78, 5) is 21.0. The highest BCUT2D eigenvalue weighted by atomic mass is 16.1. The average Bonchev–Trinajstić information content (AvgIpc) is 3.12. The fraction of sp³-hybridized carbons (Fsp3) is 0.217. The highest BCUT2D eigenvalue weighted by molar-refractivity contribution is 6.05. The summed E-state index contributed by atoms with van der Waals surface area (Å²) in [5.74, 6) is 0.746. The van der Waals surface area contributed by atoms with E-state index in [1.807, 2.05) is 41.9 Å². The van der Waals surface area contributed by atoms with Crippen molar-refractivity contribution in [2.24, 2.45) is 5.73 Å². The Morgan fingerprint density at radius 2 is 1.84 bits per heavy atom. The van der Waals surface area contributed by atoms with Gasteiger partial charge in [0.05, 0.1) is 16.9 Å². The zero-order valence-electron chi connectivity index (χ0n) is 17.1. The Hall–Kier alpha value is -3.78. The molecule has 0 radical (unpaired) electrons. The van der Waals surface area contributed by atoms with Gasteiger partial charge >= 0.3 is 0 Å². The van der Waals surface area contributed by atoms with Crippen LogP contribution in [0.3, 0.4) is 0 Å². The van der Waals surface area contributed by atoms with Gasteiger partial charge in [-0.2, -0.15) is 5.10 Å².